The molecular formula is C9H8BrF2NO3. The summed E-state index contributed by atoms with van der Waals surface area (Å²) in [5.74, 6) is -1.03. The van der Waals surface area contributed by atoms with Crippen molar-refractivity contribution in [2.45, 2.75) is 6.43 Å². The molecule has 0 saturated carbocycles. The Kier molecular flexibility index (Phi) is 4.17. The number of nitrogens with zero attached hydrogens (tertiary/aromatic N) is 1. The quantitative estimate of drug-likeness (QED) is 0.635. The molecule has 0 amide bonds. The maximum atomic E-state index is 12.6. The largest absolute Gasteiger partial charge is 0.495 e. The first-order valence-corrected chi connectivity index (χ1v) is 4.91. The fourth-order valence-electron chi connectivity index (χ4n) is 1.14. The van der Waals surface area contributed by atoms with Crippen molar-refractivity contribution in [2.75, 3.05) is 14.2 Å². The van der Waals surface area contributed by atoms with Crippen LogP contribution in [0.3, 0.4) is 0 Å². The Morgan fingerprint density at radius 3 is 2.56 bits per heavy atom. The van der Waals surface area contributed by atoms with Crippen molar-refractivity contribution in [1.82, 2.24) is 4.98 Å². The monoisotopic (exact) mass is 295 g/mol. The number of ether oxygens (including phenoxy) is 2. The van der Waals surface area contributed by atoms with Crippen molar-refractivity contribution in [3.63, 3.8) is 0 Å². The molecule has 0 bridgehead atoms. The zero-order valence-corrected chi connectivity index (χ0v) is 10.0. The second-order valence-electron chi connectivity index (χ2n) is 2.70. The van der Waals surface area contributed by atoms with Crippen molar-refractivity contribution in [2.24, 2.45) is 0 Å². The molecule has 1 rings (SSSR count). The number of halogens is 3. The molecule has 0 N–H and O–H groups in total. The molecule has 0 aliphatic rings. The predicted octanol–water partition coefficient (Wildman–Crippen LogP) is 2.58. The number of alkyl halides is 2. The minimum Gasteiger partial charge on any atom is -0.495 e. The lowest BCUT2D eigenvalue weighted by Gasteiger charge is -2.12. The van der Waals surface area contributed by atoms with Crippen LogP contribution in [0.2, 0.25) is 0 Å². The maximum absolute atomic E-state index is 12.6. The number of carbonyl (C=O) groups excluding carboxylic acids is 1. The molecule has 0 unspecified atom stereocenters. The van der Waals surface area contributed by atoms with E-state index in [0.717, 1.165) is 13.3 Å². The Morgan fingerprint density at radius 2 is 2.12 bits per heavy atom. The second-order valence-corrected chi connectivity index (χ2v) is 3.46. The summed E-state index contributed by atoms with van der Waals surface area (Å²) in [6.45, 7) is 0. The number of pyridine rings is 1. The van der Waals surface area contributed by atoms with Crippen LogP contribution in [0.25, 0.3) is 0 Å². The lowest BCUT2D eigenvalue weighted by atomic mass is 10.2. The lowest BCUT2D eigenvalue weighted by molar-refractivity contribution is 0.0594. The van der Waals surface area contributed by atoms with Gasteiger partial charge in [0.15, 0.2) is 0 Å². The predicted molar refractivity (Wildman–Crippen MR) is 54.8 cm³/mol. The van der Waals surface area contributed by atoms with E-state index >= 15 is 0 Å². The van der Waals surface area contributed by atoms with Crippen molar-refractivity contribution in [1.29, 1.82) is 0 Å². The summed E-state index contributed by atoms with van der Waals surface area (Å²) >= 11 is 2.98. The maximum Gasteiger partial charge on any atom is 0.344 e. The normalized spacial score (nSPS) is 10.4. The van der Waals surface area contributed by atoms with Crippen LogP contribution >= 0.6 is 15.9 Å². The smallest absolute Gasteiger partial charge is 0.344 e. The molecular weight excluding hydrogens is 288 g/mol. The average molecular weight is 296 g/mol. The third-order valence-electron chi connectivity index (χ3n) is 1.84. The van der Waals surface area contributed by atoms with Crippen molar-refractivity contribution in [3.8, 4) is 5.75 Å². The van der Waals surface area contributed by atoms with E-state index in [1.165, 1.54) is 7.11 Å². The molecule has 0 aromatic carbocycles. The van der Waals surface area contributed by atoms with Crippen molar-refractivity contribution in [3.05, 3.63) is 21.9 Å². The first-order valence-electron chi connectivity index (χ1n) is 4.11. The molecule has 4 nitrogen and oxygen atoms in total. The minimum atomic E-state index is -2.78. The summed E-state index contributed by atoms with van der Waals surface area (Å²) in [5.41, 5.74) is -0.603. The Balaban J connectivity index is 3.44. The van der Waals surface area contributed by atoms with E-state index in [1.807, 2.05) is 0 Å². The molecule has 0 aliphatic heterocycles. The summed E-state index contributed by atoms with van der Waals surface area (Å²) in [5, 5.41) is 0. The molecule has 88 valence electrons. The van der Waals surface area contributed by atoms with Crippen LogP contribution in [0.1, 0.15) is 22.3 Å². The topological polar surface area (TPSA) is 48.4 Å². The van der Waals surface area contributed by atoms with Crippen LogP contribution in [-0.4, -0.2) is 25.2 Å². The van der Waals surface area contributed by atoms with E-state index in [-0.39, 0.29) is 15.9 Å². The van der Waals surface area contributed by atoms with Gasteiger partial charge in [0.25, 0.3) is 6.43 Å². The van der Waals surface area contributed by atoms with Gasteiger partial charge in [-0.05, 0) is 15.9 Å². The molecule has 0 spiro atoms. The van der Waals surface area contributed by atoms with E-state index in [9.17, 15) is 13.6 Å². The van der Waals surface area contributed by atoms with Gasteiger partial charge in [0.2, 0.25) is 0 Å². The number of methoxy groups -OCH3 is 2. The summed E-state index contributed by atoms with van der Waals surface area (Å²) in [6, 6.07) is 0. The van der Waals surface area contributed by atoms with Gasteiger partial charge < -0.3 is 9.47 Å². The van der Waals surface area contributed by atoms with Gasteiger partial charge in [-0.2, -0.15) is 0 Å². The first kappa shape index (κ1) is 12.8. The fraction of sp³-hybridized carbons (Fsp3) is 0.333. The van der Waals surface area contributed by atoms with E-state index in [4.69, 9.17) is 4.74 Å². The number of esters is 1. The third-order valence-corrected chi connectivity index (χ3v) is 2.44. The number of rotatable bonds is 3. The minimum absolute atomic E-state index is 0.0978. The average Bonchev–Trinajstić information content (AvgIpc) is 2.26. The van der Waals surface area contributed by atoms with Gasteiger partial charge in [-0.25, -0.2) is 18.6 Å². The van der Waals surface area contributed by atoms with Gasteiger partial charge in [0, 0.05) is 6.20 Å². The van der Waals surface area contributed by atoms with Gasteiger partial charge in [-0.15, -0.1) is 0 Å². The van der Waals surface area contributed by atoms with Gasteiger partial charge in [-0.1, -0.05) is 0 Å². The molecule has 7 heteroatoms. The van der Waals surface area contributed by atoms with E-state index < -0.39 is 18.0 Å². The van der Waals surface area contributed by atoms with E-state index in [1.54, 1.807) is 0 Å². The highest BCUT2D eigenvalue weighted by atomic mass is 79.9. The van der Waals surface area contributed by atoms with Gasteiger partial charge in [0.1, 0.15) is 15.9 Å². The molecule has 16 heavy (non-hydrogen) atoms. The number of aromatic nitrogens is 1. The first-order chi connectivity index (χ1) is 7.52. The summed E-state index contributed by atoms with van der Waals surface area (Å²) in [7, 11) is 2.34. The zero-order valence-electron chi connectivity index (χ0n) is 8.46. The summed E-state index contributed by atoms with van der Waals surface area (Å²) < 4.78 is 34.6. The van der Waals surface area contributed by atoms with Gasteiger partial charge >= 0.3 is 5.97 Å². The molecule has 0 aliphatic carbocycles. The molecule has 1 aromatic rings. The SMILES string of the molecule is COC(=O)c1c(Br)ncc(C(F)F)c1OC. The van der Waals surface area contributed by atoms with Gasteiger partial charge in [-0.3, -0.25) is 0 Å². The number of hydrogen-bond acceptors (Lipinski definition) is 4. The second kappa shape index (κ2) is 5.20. The Labute approximate surface area is 98.7 Å². The molecule has 0 atom stereocenters. The summed E-state index contributed by atoms with van der Waals surface area (Å²) in [4.78, 5) is 15.0. The van der Waals surface area contributed by atoms with Crippen LogP contribution in [0.5, 0.6) is 5.75 Å². The van der Waals surface area contributed by atoms with Crippen LogP contribution in [0.4, 0.5) is 8.78 Å². The van der Waals surface area contributed by atoms with Gasteiger partial charge in [0.05, 0.1) is 19.8 Å². The number of carbonyl (C=O) groups is 1. The molecule has 0 saturated heterocycles. The molecule has 1 heterocycles. The molecule has 0 radical (unpaired) electrons. The van der Waals surface area contributed by atoms with E-state index in [2.05, 4.69) is 25.7 Å². The van der Waals surface area contributed by atoms with E-state index in [0.29, 0.717) is 0 Å². The fourth-order valence-corrected chi connectivity index (χ4v) is 1.59. The zero-order chi connectivity index (χ0) is 12.3. The van der Waals surface area contributed by atoms with Crippen LogP contribution < -0.4 is 4.74 Å². The standard InChI is InChI=1S/C9H8BrF2NO3/c1-15-6-4(8(11)12)3-13-7(10)5(6)9(14)16-2/h3,8H,1-2H3. The highest BCUT2D eigenvalue weighted by Gasteiger charge is 2.25. The van der Waals surface area contributed by atoms with Crippen molar-refractivity contribution >= 4 is 21.9 Å². The van der Waals surface area contributed by atoms with Crippen molar-refractivity contribution < 1.29 is 23.0 Å². The highest BCUT2D eigenvalue weighted by Crippen LogP contribution is 2.34. The Bertz CT molecular complexity index is 412. The van der Waals surface area contributed by atoms with Crippen LogP contribution in [0, 0.1) is 0 Å². The Hall–Kier alpha value is -1.24. The highest BCUT2D eigenvalue weighted by molar-refractivity contribution is 9.10. The van der Waals surface area contributed by atoms with Crippen LogP contribution in [0.15, 0.2) is 10.8 Å². The number of hydrogen-bond donors (Lipinski definition) is 0. The molecule has 0 fully saturated rings. The lowest BCUT2D eigenvalue weighted by Crippen LogP contribution is -2.09. The summed E-state index contributed by atoms with van der Waals surface area (Å²) in [6.07, 6.45) is -1.83. The van der Waals surface area contributed by atoms with Crippen LogP contribution in [-0.2, 0) is 4.74 Å². The Morgan fingerprint density at radius 1 is 1.50 bits per heavy atom. The third kappa shape index (κ3) is 2.29. The molecule has 1 aromatic heterocycles.